The minimum absolute atomic E-state index is 0.318. The van der Waals surface area contributed by atoms with Gasteiger partial charge in [0, 0.05) is 12.6 Å². The summed E-state index contributed by atoms with van der Waals surface area (Å²) in [5.41, 5.74) is 5.89. The number of likely N-dealkylation sites (tertiary alicyclic amines) is 1. The molecule has 16 heavy (non-hydrogen) atoms. The van der Waals surface area contributed by atoms with Crippen molar-refractivity contribution in [2.45, 2.75) is 39.2 Å². The van der Waals surface area contributed by atoms with Crippen LogP contribution in [0.1, 0.15) is 33.1 Å². The highest BCUT2D eigenvalue weighted by atomic mass is 15.1. The van der Waals surface area contributed by atoms with Crippen LogP contribution in [0.2, 0.25) is 0 Å². The molecule has 2 heteroatoms. The molecular weight excluding hydrogens is 196 g/mol. The number of nitrogens with two attached hydrogens (primary N) is 1. The molecule has 2 unspecified atom stereocenters. The molecule has 2 nitrogen and oxygen atoms in total. The van der Waals surface area contributed by atoms with Crippen molar-refractivity contribution in [3.05, 3.63) is 12.2 Å². The van der Waals surface area contributed by atoms with Gasteiger partial charge in [0.25, 0.3) is 0 Å². The average molecular weight is 222 g/mol. The lowest BCUT2D eigenvalue weighted by molar-refractivity contribution is 0.146. The summed E-state index contributed by atoms with van der Waals surface area (Å²) >= 11 is 0. The fourth-order valence-electron chi connectivity index (χ4n) is 3.08. The van der Waals surface area contributed by atoms with Gasteiger partial charge in [-0.1, -0.05) is 26.0 Å². The molecule has 1 heterocycles. The van der Waals surface area contributed by atoms with Gasteiger partial charge in [0.05, 0.1) is 0 Å². The van der Waals surface area contributed by atoms with Crippen LogP contribution < -0.4 is 5.73 Å². The highest BCUT2D eigenvalue weighted by Crippen LogP contribution is 2.26. The van der Waals surface area contributed by atoms with Crippen molar-refractivity contribution in [1.29, 1.82) is 0 Å². The van der Waals surface area contributed by atoms with E-state index >= 15 is 0 Å². The van der Waals surface area contributed by atoms with Crippen LogP contribution in [-0.2, 0) is 0 Å². The lowest BCUT2D eigenvalue weighted by atomic mass is 9.86. The third kappa shape index (κ3) is 3.08. The van der Waals surface area contributed by atoms with Gasteiger partial charge in [-0.05, 0) is 50.1 Å². The summed E-state index contributed by atoms with van der Waals surface area (Å²) in [4.78, 5) is 2.63. The minimum atomic E-state index is 0.318. The summed E-state index contributed by atoms with van der Waals surface area (Å²) in [7, 11) is 0. The van der Waals surface area contributed by atoms with Gasteiger partial charge in [0.2, 0.25) is 0 Å². The second-order valence-electron chi connectivity index (χ2n) is 5.93. The Hall–Kier alpha value is -0.340. The van der Waals surface area contributed by atoms with E-state index in [2.05, 4.69) is 30.9 Å². The third-order valence-corrected chi connectivity index (χ3v) is 4.27. The largest absolute Gasteiger partial charge is 0.324 e. The molecule has 2 aliphatic rings. The standard InChI is InChI=1S/C14H26N2/c1-11(2)13-5-7-16(8-6-13)10-12-3-4-14(15)9-12/h3-4,11-14H,5-10,15H2,1-2H3. The molecule has 0 radical (unpaired) electrons. The highest BCUT2D eigenvalue weighted by Gasteiger charge is 2.24. The minimum Gasteiger partial charge on any atom is -0.324 e. The van der Waals surface area contributed by atoms with E-state index < -0.39 is 0 Å². The molecule has 1 fully saturated rings. The van der Waals surface area contributed by atoms with E-state index in [9.17, 15) is 0 Å². The zero-order valence-corrected chi connectivity index (χ0v) is 10.7. The summed E-state index contributed by atoms with van der Waals surface area (Å²) < 4.78 is 0. The van der Waals surface area contributed by atoms with Gasteiger partial charge < -0.3 is 10.6 Å². The summed E-state index contributed by atoms with van der Waals surface area (Å²) in [6.45, 7) is 8.54. The number of hydrogen-bond acceptors (Lipinski definition) is 2. The zero-order chi connectivity index (χ0) is 11.5. The van der Waals surface area contributed by atoms with Gasteiger partial charge >= 0.3 is 0 Å². The summed E-state index contributed by atoms with van der Waals surface area (Å²) in [6, 6.07) is 0.318. The molecule has 0 aromatic carbocycles. The van der Waals surface area contributed by atoms with E-state index in [1.54, 1.807) is 0 Å². The first-order valence-corrected chi connectivity index (χ1v) is 6.81. The van der Waals surface area contributed by atoms with Crippen LogP contribution in [0.4, 0.5) is 0 Å². The van der Waals surface area contributed by atoms with E-state index in [-0.39, 0.29) is 0 Å². The van der Waals surface area contributed by atoms with Gasteiger partial charge in [-0.25, -0.2) is 0 Å². The molecule has 0 bridgehead atoms. The van der Waals surface area contributed by atoms with E-state index in [1.807, 2.05) is 0 Å². The van der Waals surface area contributed by atoms with Gasteiger partial charge in [-0.2, -0.15) is 0 Å². The van der Waals surface area contributed by atoms with E-state index in [0.29, 0.717) is 12.0 Å². The number of piperidine rings is 1. The Bertz CT molecular complexity index is 239. The Morgan fingerprint density at radius 3 is 2.44 bits per heavy atom. The molecule has 2 N–H and O–H groups in total. The smallest absolute Gasteiger partial charge is 0.0229 e. The van der Waals surface area contributed by atoms with E-state index in [0.717, 1.165) is 18.3 Å². The van der Waals surface area contributed by atoms with Crippen LogP contribution >= 0.6 is 0 Å². The Labute approximate surface area is 99.9 Å². The first kappa shape index (κ1) is 12.1. The average Bonchev–Trinajstić information content (AvgIpc) is 2.65. The molecule has 1 aliphatic carbocycles. The van der Waals surface area contributed by atoms with Crippen LogP contribution in [0.5, 0.6) is 0 Å². The van der Waals surface area contributed by atoms with Crippen molar-refractivity contribution in [2.75, 3.05) is 19.6 Å². The fraction of sp³-hybridized carbons (Fsp3) is 0.857. The maximum absolute atomic E-state index is 5.89. The summed E-state index contributed by atoms with van der Waals surface area (Å²) in [5, 5.41) is 0. The highest BCUT2D eigenvalue weighted by molar-refractivity contribution is 5.05. The maximum atomic E-state index is 5.89. The van der Waals surface area contributed by atoms with Crippen molar-refractivity contribution in [2.24, 2.45) is 23.5 Å². The van der Waals surface area contributed by atoms with Crippen LogP contribution in [0.15, 0.2) is 12.2 Å². The van der Waals surface area contributed by atoms with Crippen molar-refractivity contribution in [3.8, 4) is 0 Å². The van der Waals surface area contributed by atoms with Crippen LogP contribution in [0, 0.1) is 17.8 Å². The Morgan fingerprint density at radius 1 is 1.25 bits per heavy atom. The zero-order valence-electron chi connectivity index (χ0n) is 10.7. The second kappa shape index (κ2) is 5.33. The molecule has 2 rings (SSSR count). The number of rotatable bonds is 3. The van der Waals surface area contributed by atoms with Crippen molar-refractivity contribution < 1.29 is 0 Å². The molecule has 1 saturated heterocycles. The topological polar surface area (TPSA) is 29.3 Å². The number of nitrogens with zero attached hydrogens (tertiary/aromatic N) is 1. The SMILES string of the molecule is CC(C)C1CCN(CC2C=CC(N)C2)CC1. The van der Waals surface area contributed by atoms with Crippen LogP contribution in [0.3, 0.4) is 0 Å². The molecule has 92 valence electrons. The van der Waals surface area contributed by atoms with Gasteiger partial charge in [-0.3, -0.25) is 0 Å². The third-order valence-electron chi connectivity index (χ3n) is 4.27. The molecule has 0 aromatic heterocycles. The Kier molecular flexibility index (Phi) is 4.04. The Balaban J connectivity index is 1.71. The van der Waals surface area contributed by atoms with E-state index in [4.69, 9.17) is 5.73 Å². The predicted molar refractivity (Wildman–Crippen MR) is 69.2 cm³/mol. The number of hydrogen-bond donors (Lipinski definition) is 1. The second-order valence-corrected chi connectivity index (χ2v) is 5.93. The van der Waals surface area contributed by atoms with Crippen molar-refractivity contribution >= 4 is 0 Å². The van der Waals surface area contributed by atoms with Gasteiger partial charge in [0.15, 0.2) is 0 Å². The lowest BCUT2D eigenvalue weighted by Gasteiger charge is -2.35. The van der Waals surface area contributed by atoms with Crippen LogP contribution in [0.25, 0.3) is 0 Å². The van der Waals surface area contributed by atoms with Gasteiger partial charge in [0.1, 0.15) is 0 Å². The molecule has 0 spiro atoms. The van der Waals surface area contributed by atoms with E-state index in [1.165, 1.54) is 32.5 Å². The normalized spacial score (nSPS) is 32.8. The molecular formula is C14H26N2. The van der Waals surface area contributed by atoms with Crippen molar-refractivity contribution in [1.82, 2.24) is 4.90 Å². The monoisotopic (exact) mass is 222 g/mol. The van der Waals surface area contributed by atoms with Gasteiger partial charge in [-0.15, -0.1) is 0 Å². The van der Waals surface area contributed by atoms with Crippen LogP contribution in [-0.4, -0.2) is 30.6 Å². The quantitative estimate of drug-likeness (QED) is 0.742. The first-order chi connectivity index (χ1) is 7.65. The molecule has 2 atom stereocenters. The molecule has 0 saturated carbocycles. The first-order valence-electron chi connectivity index (χ1n) is 6.81. The Morgan fingerprint density at radius 2 is 1.94 bits per heavy atom. The lowest BCUT2D eigenvalue weighted by Crippen LogP contribution is -2.38. The predicted octanol–water partition coefficient (Wildman–Crippen LogP) is 2.26. The maximum Gasteiger partial charge on any atom is 0.0229 e. The molecule has 1 aliphatic heterocycles. The fourth-order valence-corrected chi connectivity index (χ4v) is 3.08. The van der Waals surface area contributed by atoms with Crippen molar-refractivity contribution in [3.63, 3.8) is 0 Å². The summed E-state index contributed by atoms with van der Waals surface area (Å²) in [6.07, 6.45) is 8.43. The summed E-state index contributed by atoms with van der Waals surface area (Å²) in [5.74, 6) is 2.53. The molecule has 0 amide bonds. The molecule has 0 aromatic rings.